The van der Waals surface area contributed by atoms with E-state index < -0.39 is 0 Å². The number of carbonyl (C=O) groups is 2. The number of rotatable bonds is 13. The summed E-state index contributed by atoms with van der Waals surface area (Å²) in [5, 5.41) is 7.02. The molecule has 2 saturated heterocycles. The van der Waals surface area contributed by atoms with Crippen molar-refractivity contribution in [2.75, 3.05) is 47.0 Å². The van der Waals surface area contributed by atoms with Gasteiger partial charge < -0.3 is 29.1 Å². The zero-order chi connectivity index (χ0) is 32.0. The Balaban J connectivity index is 0.000000399. The first-order chi connectivity index (χ1) is 21.9. The van der Waals surface area contributed by atoms with Crippen molar-refractivity contribution in [3.8, 4) is 5.75 Å². The number of nitrogens with one attached hydrogen (secondary N) is 2. The molecule has 3 heterocycles. The number of hydrazone groups is 1. The van der Waals surface area contributed by atoms with Gasteiger partial charge in [-0.15, -0.1) is 5.10 Å². The zero-order valence-electron chi connectivity index (χ0n) is 27.5. The predicted octanol–water partition coefficient (Wildman–Crippen LogP) is 4.38. The number of aryl methyl sites for hydroxylation is 1. The van der Waals surface area contributed by atoms with Gasteiger partial charge in [-0.25, -0.2) is 0 Å². The Morgan fingerprint density at radius 3 is 2.76 bits per heavy atom. The van der Waals surface area contributed by atoms with Crippen molar-refractivity contribution in [3.05, 3.63) is 53.1 Å². The van der Waals surface area contributed by atoms with E-state index in [0.717, 1.165) is 82.9 Å². The molecule has 1 amide bonds. The van der Waals surface area contributed by atoms with E-state index in [1.54, 1.807) is 14.2 Å². The van der Waals surface area contributed by atoms with Crippen LogP contribution in [0.1, 0.15) is 63.5 Å². The highest BCUT2D eigenvalue weighted by molar-refractivity contribution is 5.79. The molecule has 0 aromatic heterocycles. The quantitative estimate of drug-likeness (QED) is 0.311. The molecule has 10 nitrogen and oxygen atoms in total. The van der Waals surface area contributed by atoms with Gasteiger partial charge in [0.05, 0.1) is 13.2 Å². The van der Waals surface area contributed by atoms with Gasteiger partial charge >= 0.3 is 0 Å². The Labute approximate surface area is 268 Å². The highest BCUT2D eigenvalue weighted by atomic mass is 16.5. The zero-order valence-corrected chi connectivity index (χ0v) is 27.5. The number of nitrogens with zero attached hydrogens (tertiary/aromatic N) is 2. The van der Waals surface area contributed by atoms with Gasteiger partial charge in [0.25, 0.3) is 0 Å². The standard InChI is InChI=1S/C28H39N3O4.C7H13NO2/c1-3-20-16-25(9-8-24(20)19-32-2)34-26-10-13-31(17-26)18-27-29-30-28(35-27)23-6-4-21(5-7-23)22-11-14-33-15-12-22;1-6(4-3-5-9)7(10)8-2/h4-6,8-9,16,22-23,26,28,30H,3,7,10-15,17-19H2,1-2H3;5-6H,3-4H2,1-2H3,(H,8,10)/t23?,26-,28?;/m0./s1. The average molecular weight is 625 g/mol. The monoisotopic (exact) mass is 624 g/mol. The van der Waals surface area contributed by atoms with E-state index in [2.05, 4.69) is 64.1 Å². The number of amides is 1. The van der Waals surface area contributed by atoms with Crippen LogP contribution in [-0.4, -0.2) is 82.3 Å². The van der Waals surface area contributed by atoms with E-state index in [0.29, 0.717) is 31.3 Å². The summed E-state index contributed by atoms with van der Waals surface area (Å²) in [7, 11) is 3.33. The lowest BCUT2D eigenvalue weighted by Crippen LogP contribution is -2.34. The summed E-state index contributed by atoms with van der Waals surface area (Å²) in [4.78, 5) is 23.0. The fraction of sp³-hybridized carbons (Fsp3) is 0.629. The molecular weight excluding hydrogens is 572 g/mol. The van der Waals surface area contributed by atoms with Crippen LogP contribution in [0.5, 0.6) is 5.75 Å². The SMILES string of the molecule is CCc1cc(O[C@H]2CCN(CC3=NNC(C4C=CC(C5CCOCC5)=CC4)O3)C2)ccc1COC.CNC(=O)C(C)CCC=O. The molecule has 4 aliphatic rings. The normalized spacial score (nSPS) is 24.0. The number of ether oxygens (including phenoxy) is 4. The van der Waals surface area contributed by atoms with Gasteiger partial charge in [-0.3, -0.25) is 15.1 Å². The van der Waals surface area contributed by atoms with Crippen LogP contribution in [0.3, 0.4) is 0 Å². The highest BCUT2D eigenvalue weighted by Crippen LogP contribution is 2.31. The number of hydrogen-bond donors (Lipinski definition) is 2. The van der Waals surface area contributed by atoms with Gasteiger partial charge in [0.15, 0.2) is 6.23 Å². The molecule has 3 aliphatic heterocycles. The van der Waals surface area contributed by atoms with E-state index in [-0.39, 0.29) is 24.2 Å². The summed E-state index contributed by atoms with van der Waals surface area (Å²) in [6.45, 7) is 8.97. The summed E-state index contributed by atoms with van der Waals surface area (Å²) in [6, 6.07) is 6.35. The Kier molecular flexibility index (Phi) is 13.9. The molecule has 45 heavy (non-hydrogen) atoms. The maximum absolute atomic E-state index is 10.8. The molecule has 10 heteroatoms. The first-order valence-electron chi connectivity index (χ1n) is 16.5. The molecule has 2 N–H and O–H groups in total. The summed E-state index contributed by atoms with van der Waals surface area (Å²) in [6.07, 6.45) is 14.3. The first kappa shape index (κ1) is 34.7. The predicted molar refractivity (Wildman–Crippen MR) is 175 cm³/mol. The third-order valence-electron chi connectivity index (χ3n) is 8.98. The number of carbonyl (C=O) groups excluding carboxylic acids is 2. The van der Waals surface area contributed by atoms with Crippen molar-refractivity contribution in [1.29, 1.82) is 0 Å². The second kappa shape index (κ2) is 18.1. The minimum absolute atomic E-state index is 0.00171. The molecule has 0 bridgehead atoms. The lowest BCUT2D eigenvalue weighted by atomic mass is 9.85. The average Bonchev–Trinajstić information content (AvgIpc) is 3.74. The van der Waals surface area contributed by atoms with E-state index in [9.17, 15) is 9.59 Å². The molecule has 0 spiro atoms. The Hall–Kier alpha value is -3.21. The minimum atomic E-state index is -0.0820. The third kappa shape index (κ3) is 10.4. The van der Waals surface area contributed by atoms with Crippen molar-refractivity contribution in [2.24, 2.45) is 22.9 Å². The molecule has 248 valence electrons. The molecule has 1 aliphatic carbocycles. The minimum Gasteiger partial charge on any atom is -0.489 e. The van der Waals surface area contributed by atoms with E-state index >= 15 is 0 Å². The van der Waals surface area contributed by atoms with Gasteiger partial charge in [0.1, 0.15) is 18.1 Å². The maximum Gasteiger partial charge on any atom is 0.222 e. The number of hydrogen-bond acceptors (Lipinski definition) is 9. The van der Waals surface area contributed by atoms with Crippen molar-refractivity contribution < 1.29 is 28.5 Å². The number of benzene rings is 1. The Morgan fingerprint density at radius 1 is 1.24 bits per heavy atom. The van der Waals surface area contributed by atoms with Gasteiger partial charge in [-0.2, -0.15) is 0 Å². The second-order valence-corrected chi connectivity index (χ2v) is 12.3. The van der Waals surface area contributed by atoms with Crippen molar-refractivity contribution >= 4 is 18.1 Å². The number of methoxy groups -OCH3 is 1. The van der Waals surface area contributed by atoms with Gasteiger partial charge in [0.2, 0.25) is 11.8 Å². The van der Waals surface area contributed by atoms with Crippen LogP contribution >= 0.6 is 0 Å². The lowest BCUT2D eigenvalue weighted by molar-refractivity contribution is -0.124. The van der Waals surface area contributed by atoms with E-state index in [1.165, 1.54) is 16.7 Å². The summed E-state index contributed by atoms with van der Waals surface area (Å²) >= 11 is 0. The maximum atomic E-state index is 10.8. The molecule has 5 rings (SSSR count). The molecule has 0 radical (unpaired) electrons. The first-order valence-corrected chi connectivity index (χ1v) is 16.5. The van der Waals surface area contributed by atoms with Crippen LogP contribution in [0.2, 0.25) is 0 Å². The summed E-state index contributed by atoms with van der Waals surface area (Å²) < 4.78 is 23.3. The third-order valence-corrected chi connectivity index (χ3v) is 8.98. The molecule has 4 atom stereocenters. The Bertz CT molecular complexity index is 1190. The molecule has 1 aromatic carbocycles. The number of likely N-dealkylation sites (tertiary alicyclic amines) is 1. The number of aldehydes is 1. The fourth-order valence-electron chi connectivity index (χ4n) is 6.22. The fourth-order valence-corrected chi connectivity index (χ4v) is 6.22. The Morgan fingerprint density at radius 2 is 2.07 bits per heavy atom. The van der Waals surface area contributed by atoms with Crippen LogP contribution in [0.15, 0.2) is 47.1 Å². The smallest absolute Gasteiger partial charge is 0.222 e. The van der Waals surface area contributed by atoms with Crippen LogP contribution in [-0.2, 0) is 36.8 Å². The van der Waals surface area contributed by atoms with Gasteiger partial charge in [-0.05, 0) is 73.3 Å². The molecule has 3 unspecified atom stereocenters. The lowest BCUT2D eigenvalue weighted by Gasteiger charge is -2.27. The second-order valence-electron chi connectivity index (χ2n) is 12.3. The molecule has 2 fully saturated rings. The van der Waals surface area contributed by atoms with Crippen molar-refractivity contribution in [2.45, 2.75) is 77.7 Å². The van der Waals surface area contributed by atoms with Gasteiger partial charge in [0, 0.05) is 58.7 Å². The molecular formula is C35H52N4O6. The van der Waals surface area contributed by atoms with Crippen LogP contribution in [0.25, 0.3) is 0 Å². The summed E-state index contributed by atoms with van der Waals surface area (Å²) in [5.74, 6) is 2.63. The molecule has 0 saturated carbocycles. The van der Waals surface area contributed by atoms with Crippen LogP contribution < -0.4 is 15.5 Å². The summed E-state index contributed by atoms with van der Waals surface area (Å²) in [5.41, 5.74) is 7.21. The molecule has 1 aromatic rings. The number of allylic oxidation sites excluding steroid dienone is 3. The topological polar surface area (TPSA) is 111 Å². The largest absolute Gasteiger partial charge is 0.489 e. The van der Waals surface area contributed by atoms with Crippen molar-refractivity contribution in [1.82, 2.24) is 15.6 Å². The van der Waals surface area contributed by atoms with Crippen LogP contribution in [0.4, 0.5) is 0 Å². The highest BCUT2D eigenvalue weighted by Gasteiger charge is 2.31. The van der Waals surface area contributed by atoms with Gasteiger partial charge in [-0.1, -0.05) is 38.1 Å². The van der Waals surface area contributed by atoms with E-state index in [4.69, 9.17) is 18.9 Å². The van der Waals surface area contributed by atoms with Crippen LogP contribution in [0, 0.1) is 17.8 Å². The van der Waals surface area contributed by atoms with E-state index in [1.807, 2.05) is 6.92 Å². The van der Waals surface area contributed by atoms with Crippen molar-refractivity contribution in [3.63, 3.8) is 0 Å².